The highest BCUT2D eigenvalue weighted by Gasteiger charge is 2.24. The molecule has 0 fully saturated rings. The van der Waals surface area contributed by atoms with E-state index in [1.54, 1.807) is 6.07 Å². The molecule has 1 aliphatic heterocycles. The summed E-state index contributed by atoms with van der Waals surface area (Å²) in [6, 6.07) is 12.7. The molecule has 5 heteroatoms. The molecule has 100 valence electrons. The van der Waals surface area contributed by atoms with Crippen molar-refractivity contribution in [3.8, 4) is 5.75 Å². The van der Waals surface area contributed by atoms with E-state index in [2.05, 4.69) is 10.3 Å². The van der Waals surface area contributed by atoms with Crippen molar-refractivity contribution in [1.82, 2.24) is 4.98 Å². The van der Waals surface area contributed by atoms with Crippen molar-refractivity contribution in [1.29, 1.82) is 0 Å². The van der Waals surface area contributed by atoms with Crippen molar-refractivity contribution in [3.05, 3.63) is 53.8 Å². The highest BCUT2D eigenvalue weighted by molar-refractivity contribution is 7.22. The number of benzene rings is 2. The maximum atomic E-state index is 13.2. The van der Waals surface area contributed by atoms with Gasteiger partial charge in [0.05, 0.1) is 16.3 Å². The summed E-state index contributed by atoms with van der Waals surface area (Å²) in [4.78, 5) is 4.48. The van der Waals surface area contributed by atoms with Gasteiger partial charge in [0.25, 0.3) is 0 Å². The van der Waals surface area contributed by atoms with Gasteiger partial charge in [0, 0.05) is 5.56 Å². The van der Waals surface area contributed by atoms with Crippen molar-refractivity contribution in [2.24, 2.45) is 0 Å². The quantitative estimate of drug-likeness (QED) is 0.773. The highest BCUT2D eigenvalue weighted by atomic mass is 32.1. The van der Waals surface area contributed by atoms with E-state index in [0.29, 0.717) is 6.61 Å². The minimum Gasteiger partial charge on any atom is -0.491 e. The monoisotopic (exact) mass is 286 g/mol. The van der Waals surface area contributed by atoms with Crippen LogP contribution < -0.4 is 10.1 Å². The predicted octanol–water partition coefficient (Wildman–Crippen LogP) is 3.98. The second-order valence-electron chi connectivity index (χ2n) is 4.68. The Morgan fingerprint density at radius 1 is 1.25 bits per heavy atom. The summed E-state index contributed by atoms with van der Waals surface area (Å²) in [5.74, 6) is 0.680. The van der Waals surface area contributed by atoms with Gasteiger partial charge in [-0.25, -0.2) is 9.37 Å². The SMILES string of the molecule is Fc1ccc2nc(NC3COc4ccccc43)sc2c1. The molecule has 2 aromatic carbocycles. The fourth-order valence-electron chi connectivity index (χ4n) is 2.39. The summed E-state index contributed by atoms with van der Waals surface area (Å²) in [5, 5.41) is 4.15. The molecule has 0 spiro atoms. The number of aromatic nitrogens is 1. The summed E-state index contributed by atoms with van der Waals surface area (Å²) in [5.41, 5.74) is 1.95. The molecule has 0 radical (unpaired) electrons. The van der Waals surface area contributed by atoms with Gasteiger partial charge in [0.15, 0.2) is 5.13 Å². The first-order valence-corrected chi connectivity index (χ1v) is 7.15. The summed E-state index contributed by atoms with van der Waals surface area (Å²) in [6.45, 7) is 0.587. The lowest BCUT2D eigenvalue weighted by Crippen LogP contribution is -2.11. The van der Waals surface area contributed by atoms with Gasteiger partial charge in [-0.2, -0.15) is 0 Å². The molecule has 0 saturated heterocycles. The number of hydrogen-bond acceptors (Lipinski definition) is 4. The lowest BCUT2D eigenvalue weighted by atomic mass is 10.1. The number of para-hydroxylation sites is 1. The zero-order valence-electron chi connectivity index (χ0n) is 10.5. The zero-order chi connectivity index (χ0) is 13.5. The van der Waals surface area contributed by atoms with Gasteiger partial charge < -0.3 is 10.1 Å². The first-order valence-electron chi connectivity index (χ1n) is 6.34. The minimum absolute atomic E-state index is 0.0941. The van der Waals surface area contributed by atoms with Crippen LogP contribution in [0.3, 0.4) is 0 Å². The summed E-state index contributed by atoms with van der Waals surface area (Å²) >= 11 is 1.46. The average molecular weight is 286 g/mol. The van der Waals surface area contributed by atoms with Gasteiger partial charge in [0.1, 0.15) is 18.2 Å². The molecule has 1 N–H and O–H groups in total. The highest BCUT2D eigenvalue weighted by Crippen LogP contribution is 2.36. The van der Waals surface area contributed by atoms with Crippen LogP contribution in [0.4, 0.5) is 9.52 Å². The van der Waals surface area contributed by atoms with Crippen LogP contribution in [-0.4, -0.2) is 11.6 Å². The number of fused-ring (bicyclic) bond motifs is 2. The third-order valence-electron chi connectivity index (χ3n) is 3.35. The number of ether oxygens (including phenoxy) is 1. The molecular weight excluding hydrogens is 275 g/mol. The van der Waals surface area contributed by atoms with Gasteiger partial charge in [-0.15, -0.1) is 0 Å². The van der Waals surface area contributed by atoms with Crippen molar-refractivity contribution in [2.45, 2.75) is 6.04 Å². The van der Waals surface area contributed by atoms with Gasteiger partial charge in [-0.3, -0.25) is 0 Å². The number of thiazole rings is 1. The van der Waals surface area contributed by atoms with Crippen molar-refractivity contribution in [2.75, 3.05) is 11.9 Å². The number of anilines is 1. The lowest BCUT2D eigenvalue weighted by Gasteiger charge is -2.09. The van der Waals surface area contributed by atoms with E-state index >= 15 is 0 Å². The van der Waals surface area contributed by atoms with Gasteiger partial charge in [-0.1, -0.05) is 29.5 Å². The standard InChI is InChI=1S/C15H11FN2OS/c16-9-5-6-11-14(7-9)20-15(17-11)18-12-8-19-13-4-2-1-3-10(12)13/h1-7,12H,8H2,(H,17,18). The molecule has 3 nitrogen and oxygen atoms in total. The molecule has 1 atom stereocenters. The fourth-order valence-corrected chi connectivity index (χ4v) is 3.33. The molecule has 0 amide bonds. The Morgan fingerprint density at radius 2 is 2.15 bits per heavy atom. The summed E-state index contributed by atoms with van der Waals surface area (Å²) < 4.78 is 19.7. The van der Waals surface area contributed by atoms with Crippen LogP contribution in [-0.2, 0) is 0 Å². The maximum Gasteiger partial charge on any atom is 0.184 e. The number of nitrogens with zero attached hydrogens (tertiary/aromatic N) is 1. The maximum absolute atomic E-state index is 13.2. The predicted molar refractivity (Wildman–Crippen MR) is 77.9 cm³/mol. The Bertz CT molecular complexity index is 786. The first-order chi connectivity index (χ1) is 9.79. The van der Waals surface area contributed by atoms with Gasteiger partial charge >= 0.3 is 0 Å². The van der Waals surface area contributed by atoms with E-state index < -0.39 is 0 Å². The lowest BCUT2D eigenvalue weighted by molar-refractivity contribution is 0.340. The fraction of sp³-hybridized carbons (Fsp3) is 0.133. The Balaban J connectivity index is 1.65. The van der Waals surface area contributed by atoms with Gasteiger partial charge in [0.2, 0.25) is 0 Å². The van der Waals surface area contributed by atoms with E-state index in [4.69, 9.17) is 4.74 Å². The van der Waals surface area contributed by atoms with Crippen molar-refractivity contribution < 1.29 is 9.13 Å². The van der Waals surface area contributed by atoms with E-state index in [-0.39, 0.29) is 11.9 Å². The summed E-state index contributed by atoms with van der Waals surface area (Å²) in [6.07, 6.45) is 0. The molecule has 1 aliphatic rings. The minimum atomic E-state index is -0.234. The molecule has 3 aromatic rings. The molecule has 0 bridgehead atoms. The molecule has 4 rings (SSSR count). The van der Waals surface area contributed by atoms with Crippen LogP contribution in [0.15, 0.2) is 42.5 Å². The third-order valence-corrected chi connectivity index (χ3v) is 4.30. The largest absolute Gasteiger partial charge is 0.491 e. The Morgan fingerprint density at radius 3 is 3.10 bits per heavy atom. The van der Waals surface area contributed by atoms with Crippen LogP contribution in [0.25, 0.3) is 10.2 Å². The van der Waals surface area contributed by atoms with Crippen molar-refractivity contribution in [3.63, 3.8) is 0 Å². The van der Waals surface area contributed by atoms with Crippen LogP contribution >= 0.6 is 11.3 Å². The van der Waals surface area contributed by atoms with Gasteiger partial charge in [-0.05, 0) is 24.3 Å². The molecular formula is C15H11FN2OS. The smallest absolute Gasteiger partial charge is 0.184 e. The molecule has 2 heterocycles. The third kappa shape index (κ3) is 1.91. The van der Waals surface area contributed by atoms with E-state index in [1.165, 1.54) is 23.5 Å². The Labute approximate surface area is 119 Å². The zero-order valence-corrected chi connectivity index (χ0v) is 11.3. The number of halogens is 1. The van der Waals surface area contributed by atoms with Crippen LogP contribution in [0.5, 0.6) is 5.75 Å². The molecule has 0 aliphatic carbocycles. The van der Waals surface area contributed by atoms with E-state index in [0.717, 1.165) is 26.7 Å². The Hall–Kier alpha value is -2.14. The molecule has 1 aromatic heterocycles. The van der Waals surface area contributed by atoms with Crippen LogP contribution in [0, 0.1) is 5.82 Å². The molecule has 20 heavy (non-hydrogen) atoms. The van der Waals surface area contributed by atoms with Crippen LogP contribution in [0.1, 0.15) is 11.6 Å². The second kappa shape index (κ2) is 4.45. The normalized spacial score (nSPS) is 16.9. The molecule has 0 saturated carbocycles. The van der Waals surface area contributed by atoms with E-state index in [9.17, 15) is 4.39 Å². The topological polar surface area (TPSA) is 34.2 Å². The summed E-state index contributed by atoms with van der Waals surface area (Å²) in [7, 11) is 0. The number of rotatable bonds is 2. The van der Waals surface area contributed by atoms with Crippen molar-refractivity contribution >= 4 is 26.7 Å². The first kappa shape index (κ1) is 11.7. The second-order valence-corrected chi connectivity index (χ2v) is 5.71. The number of hydrogen-bond donors (Lipinski definition) is 1. The molecule has 1 unspecified atom stereocenters. The van der Waals surface area contributed by atoms with Crippen LogP contribution in [0.2, 0.25) is 0 Å². The average Bonchev–Trinajstić information content (AvgIpc) is 3.03. The number of nitrogens with one attached hydrogen (secondary N) is 1. The Kier molecular flexibility index (Phi) is 2.60. The van der Waals surface area contributed by atoms with E-state index in [1.807, 2.05) is 24.3 Å².